The summed E-state index contributed by atoms with van der Waals surface area (Å²) in [6.45, 7) is 9.89. The summed E-state index contributed by atoms with van der Waals surface area (Å²) in [4.78, 5) is 23.3. The van der Waals surface area contributed by atoms with Gasteiger partial charge in [-0.05, 0) is 42.6 Å². The van der Waals surface area contributed by atoms with Crippen LogP contribution in [-0.4, -0.2) is 46.1 Å². The summed E-state index contributed by atoms with van der Waals surface area (Å²) in [6.07, 6.45) is 7.16. The molecule has 1 aliphatic heterocycles. The number of rotatable bonds is 11. The number of anilines is 3. The number of unbranched alkanes of at least 4 members (excludes halogenated alkanes) is 1. The number of ether oxygens (including phenoxy) is 1. The zero-order chi connectivity index (χ0) is 25.2. The molecule has 0 unspecified atom stereocenters. The number of nitrogens with zero attached hydrogens (tertiary/aromatic N) is 4. The number of nitrogen functional groups attached to an aromatic ring is 1. The topological polar surface area (TPSA) is 96.6 Å². The van der Waals surface area contributed by atoms with E-state index < -0.39 is 0 Å². The molecule has 1 aliphatic carbocycles. The second kappa shape index (κ2) is 13.5. The fourth-order valence-corrected chi connectivity index (χ4v) is 4.54. The van der Waals surface area contributed by atoms with Crippen molar-refractivity contribution >= 4 is 35.2 Å². The minimum Gasteiger partial charge on any atom is -0.463 e. The van der Waals surface area contributed by atoms with Crippen molar-refractivity contribution in [3.63, 3.8) is 0 Å². The van der Waals surface area contributed by atoms with E-state index in [-0.39, 0.29) is 17.7 Å². The maximum Gasteiger partial charge on any atom is 0.320 e. The van der Waals surface area contributed by atoms with Crippen LogP contribution in [0.25, 0.3) is 0 Å². The SMILES string of the molecule is CC.CCCCOc1nc(N)c2c(n1)N(Cc1cccc(CN(CC3CC3)SC)c1)CCC(=O)N2. The predicted octanol–water partition coefficient (Wildman–Crippen LogP) is 5.10. The molecular formula is C26H40N6O2S. The summed E-state index contributed by atoms with van der Waals surface area (Å²) < 4.78 is 8.16. The number of fused-ring (bicyclic) bond motifs is 1. The molecule has 0 radical (unpaired) electrons. The van der Waals surface area contributed by atoms with E-state index in [0.29, 0.717) is 37.6 Å². The van der Waals surface area contributed by atoms with Crippen LogP contribution in [-0.2, 0) is 17.9 Å². The summed E-state index contributed by atoms with van der Waals surface area (Å²) in [5.74, 6) is 1.62. The molecule has 1 fully saturated rings. The molecular weight excluding hydrogens is 460 g/mol. The molecule has 2 heterocycles. The minimum atomic E-state index is -0.0851. The molecule has 192 valence electrons. The van der Waals surface area contributed by atoms with Crippen molar-refractivity contribution in [1.29, 1.82) is 0 Å². The molecule has 0 spiro atoms. The van der Waals surface area contributed by atoms with Crippen LogP contribution >= 0.6 is 11.9 Å². The Bertz CT molecular complexity index is 969. The Kier molecular flexibility index (Phi) is 10.5. The highest BCUT2D eigenvalue weighted by Gasteiger charge is 2.26. The van der Waals surface area contributed by atoms with Gasteiger partial charge in [-0.3, -0.25) is 4.79 Å². The number of nitrogens with two attached hydrogens (primary N) is 1. The number of hydrogen-bond acceptors (Lipinski definition) is 8. The van der Waals surface area contributed by atoms with Crippen molar-refractivity contribution in [3.8, 4) is 6.01 Å². The highest BCUT2D eigenvalue weighted by Crippen LogP contribution is 2.34. The molecule has 1 aromatic heterocycles. The number of amides is 1. The summed E-state index contributed by atoms with van der Waals surface area (Å²) in [5, 5.41) is 2.87. The van der Waals surface area contributed by atoms with Crippen LogP contribution in [0.4, 0.5) is 17.3 Å². The van der Waals surface area contributed by atoms with Crippen LogP contribution in [0.5, 0.6) is 6.01 Å². The molecule has 2 aromatic rings. The average molecular weight is 501 g/mol. The average Bonchev–Trinajstić information content (AvgIpc) is 3.69. The van der Waals surface area contributed by atoms with Crippen molar-refractivity contribution in [2.24, 2.45) is 5.92 Å². The lowest BCUT2D eigenvalue weighted by molar-refractivity contribution is -0.115. The van der Waals surface area contributed by atoms with E-state index in [1.807, 2.05) is 25.8 Å². The van der Waals surface area contributed by atoms with Crippen LogP contribution in [0.3, 0.4) is 0 Å². The van der Waals surface area contributed by atoms with Crippen LogP contribution in [0.1, 0.15) is 64.0 Å². The van der Waals surface area contributed by atoms with Crippen molar-refractivity contribution in [2.45, 2.75) is 66.0 Å². The Balaban J connectivity index is 0.00000167. The third-order valence-corrected chi connectivity index (χ3v) is 6.73. The van der Waals surface area contributed by atoms with Crippen molar-refractivity contribution in [1.82, 2.24) is 14.3 Å². The normalized spacial score (nSPS) is 15.1. The monoisotopic (exact) mass is 500 g/mol. The molecule has 8 nitrogen and oxygen atoms in total. The smallest absolute Gasteiger partial charge is 0.320 e. The lowest BCUT2D eigenvalue weighted by Crippen LogP contribution is -2.25. The van der Waals surface area contributed by atoms with Gasteiger partial charge in [-0.15, -0.1) is 0 Å². The first-order valence-corrected chi connectivity index (χ1v) is 14.0. The van der Waals surface area contributed by atoms with E-state index in [0.717, 1.165) is 31.8 Å². The Morgan fingerprint density at radius 2 is 2.03 bits per heavy atom. The molecule has 3 N–H and O–H groups in total. The maximum atomic E-state index is 12.3. The van der Waals surface area contributed by atoms with Gasteiger partial charge >= 0.3 is 6.01 Å². The Morgan fingerprint density at radius 1 is 1.26 bits per heavy atom. The number of hydrogen-bond donors (Lipinski definition) is 2. The maximum absolute atomic E-state index is 12.3. The van der Waals surface area contributed by atoms with E-state index in [2.05, 4.69) is 61.9 Å². The molecule has 2 aliphatic rings. The van der Waals surface area contributed by atoms with E-state index in [9.17, 15) is 4.79 Å². The van der Waals surface area contributed by atoms with Gasteiger partial charge in [-0.2, -0.15) is 9.97 Å². The van der Waals surface area contributed by atoms with Gasteiger partial charge in [-0.25, -0.2) is 4.31 Å². The summed E-state index contributed by atoms with van der Waals surface area (Å²) in [5.41, 5.74) is 9.12. The van der Waals surface area contributed by atoms with Gasteiger partial charge in [0.05, 0.1) is 6.61 Å². The number of carbonyl (C=O) groups excluding carboxylic acids is 1. The Hall–Kier alpha value is -2.52. The van der Waals surface area contributed by atoms with E-state index >= 15 is 0 Å². The van der Waals surface area contributed by atoms with Gasteiger partial charge in [0.1, 0.15) is 5.69 Å². The minimum absolute atomic E-state index is 0.0851. The molecule has 1 amide bonds. The van der Waals surface area contributed by atoms with Gasteiger partial charge < -0.3 is 20.7 Å². The number of nitrogens with one attached hydrogen (secondary N) is 1. The molecule has 0 bridgehead atoms. The second-order valence-corrected chi connectivity index (χ2v) is 9.66. The fraction of sp³-hybridized carbons (Fsp3) is 0.577. The van der Waals surface area contributed by atoms with Gasteiger partial charge in [-0.1, -0.05) is 63.4 Å². The van der Waals surface area contributed by atoms with E-state index in [4.69, 9.17) is 10.5 Å². The van der Waals surface area contributed by atoms with Gasteiger partial charge in [0.15, 0.2) is 11.6 Å². The molecule has 4 rings (SSSR count). The summed E-state index contributed by atoms with van der Waals surface area (Å²) >= 11 is 1.81. The Morgan fingerprint density at radius 3 is 2.74 bits per heavy atom. The van der Waals surface area contributed by atoms with E-state index in [1.165, 1.54) is 24.0 Å². The fourth-order valence-electron chi connectivity index (χ4n) is 3.91. The van der Waals surface area contributed by atoms with Gasteiger partial charge in [0, 0.05) is 32.6 Å². The van der Waals surface area contributed by atoms with Crippen molar-refractivity contribution in [2.75, 3.05) is 41.9 Å². The van der Waals surface area contributed by atoms with Crippen molar-refractivity contribution in [3.05, 3.63) is 35.4 Å². The largest absolute Gasteiger partial charge is 0.463 e. The van der Waals surface area contributed by atoms with Gasteiger partial charge in [0.25, 0.3) is 0 Å². The molecule has 0 atom stereocenters. The first-order valence-electron chi connectivity index (χ1n) is 12.8. The molecule has 1 aromatic carbocycles. The van der Waals surface area contributed by atoms with Crippen LogP contribution in [0.15, 0.2) is 24.3 Å². The van der Waals surface area contributed by atoms with Crippen LogP contribution < -0.4 is 20.7 Å². The zero-order valence-corrected chi connectivity index (χ0v) is 22.4. The number of aromatic nitrogens is 2. The second-order valence-electron chi connectivity index (χ2n) is 8.78. The molecule has 0 saturated heterocycles. The van der Waals surface area contributed by atoms with Gasteiger partial charge in [0.2, 0.25) is 5.91 Å². The first-order chi connectivity index (χ1) is 17.1. The zero-order valence-electron chi connectivity index (χ0n) is 21.5. The number of benzene rings is 1. The molecule has 35 heavy (non-hydrogen) atoms. The summed E-state index contributed by atoms with van der Waals surface area (Å²) in [7, 11) is 0. The molecule has 1 saturated carbocycles. The standard InChI is InChI=1S/C24H34N6O2S.C2H6/c1-3-4-12-32-24-27-22(25)21-23(28-24)29(11-10-20(31)26-21)14-18-6-5-7-19(13-18)16-30(33-2)15-17-8-9-17;1-2/h5-7,13,17H,3-4,8-12,14-16H2,1-2H3,(H,26,31)(H2,25,27,28);1-2H3. The quantitative estimate of drug-likeness (QED) is 0.325. The highest BCUT2D eigenvalue weighted by molar-refractivity contribution is 7.96. The Labute approximate surface area is 214 Å². The van der Waals surface area contributed by atoms with E-state index in [1.54, 1.807) is 0 Å². The lowest BCUT2D eigenvalue weighted by atomic mass is 10.1. The first kappa shape index (κ1) is 27.1. The lowest BCUT2D eigenvalue weighted by Gasteiger charge is -2.24. The van der Waals surface area contributed by atoms with Crippen molar-refractivity contribution < 1.29 is 9.53 Å². The highest BCUT2D eigenvalue weighted by atomic mass is 32.2. The number of carbonyl (C=O) groups is 1. The predicted molar refractivity (Wildman–Crippen MR) is 146 cm³/mol. The third-order valence-electron chi connectivity index (χ3n) is 5.94. The third kappa shape index (κ3) is 8.00. The van der Waals surface area contributed by atoms with Crippen LogP contribution in [0.2, 0.25) is 0 Å². The summed E-state index contributed by atoms with van der Waals surface area (Å²) in [6, 6.07) is 8.91. The molecule has 9 heteroatoms. The van der Waals surface area contributed by atoms with Crippen LogP contribution in [0, 0.1) is 5.92 Å².